The van der Waals surface area contributed by atoms with Crippen LogP contribution in [0.2, 0.25) is 0 Å². The Labute approximate surface area is 109 Å². The summed E-state index contributed by atoms with van der Waals surface area (Å²) in [5.41, 5.74) is 7.68. The summed E-state index contributed by atoms with van der Waals surface area (Å²) >= 11 is 1.08. The summed E-state index contributed by atoms with van der Waals surface area (Å²) in [4.78, 5) is 11.8. The van der Waals surface area contributed by atoms with Crippen molar-refractivity contribution >= 4 is 22.4 Å². The topological polar surface area (TPSA) is 80.9 Å². The van der Waals surface area contributed by atoms with Crippen LogP contribution in [0.1, 0.15) is 33.9 Å². The normalized spacial score (nSPS) is 12.1. The first-order chi connectivity index (χ1) is 8.56. The van der Waals surface area contributed by atoms with E-state index in [0.717, 1.165) is 16.9 Å². The Balaban J connectivity index is 2.05. The number of carbonyl (C=O) groups excluding carboxylic acids is 1. The zero-order valence-corrected chi connectivity index (χ0v) is 11.0. The van der Waals surface area contributed by atoms with Gasteiger partial charge in [0.05, 0.1) is 6.04 Å². The fourth-order valence-electron chi connectivity index (χ4n) is 1.52. The predicted octanol–water partition coefficient (Wildman–Crippen LogP) is 1.92. The molecule has 1 atom stereocenters. The Hall–Kier alpha value is -1.95. The van der Waals surface area contributed by atoms with Gasteiger partial charge in [0.1, 0.15) is 0 Å². The number of nitrogens with two attached hydrogens (primary N) is 1. The van der Waals surface area contributed by atoms with Crippen molar-refractivity contribution in [1.82, 2.24) is 15.5 Å². The van der Waals surface area contributed by atoms with Gasteiger partial charge in [-0.3, -0.25) is 4.79 Å². The number of aryl methyl sites for hydroxylation is 1. The molecule has 0 aliphatic heterocycles. The van der Waals surface area contributed by atoms with Gasteiger partial charge < -0.3 is 11.1 Å². The number of nitrogen functional groups attached to an aromatic ring is 1. The molecule has 0 saturated heterocycles. The van der Waals surface area contributed by atoms with E-state index in [-0.39, 0.29) is 17.0 Å². The minimum atomic E-state index is -0.253. The number of rotatable bonds is 3. The maximum absolute atomic E-state index is 11.8. The lowest BCUT2D eigenvalue weighted by atomic mass is 10.1. The van der Waals surface area contributed by atoms with Crippen molar-refractivity contribution in [3.8, 4) is 0 Å². The highest BCUT2D eigenvalue weighted by Gasteiger charge is 2.15. The lowest BCUT2D eigenvalue weighted by Gasteiger charge is -2.13. The van der Waals surface area contributed by atoms with E-state index in [1.807, 2.05) is 38.1 Å². The van der Waals surface area contributed by atoms with Gasteiger partial charge in [-0.05, 0) is 19.4 Å². The lowest BCUT2D eigenvalue weighted by Crippen LogP contribution is -2.26. The molecule has 1 unspecified atom stereocenters. The van der Waals surface area contributed by atoms with E-state index in [9.17, 15) is 4.79 Å². The second-order valence-corrected chi connectivity index (χ2v) is 5.06. The van der Waals surface area contributed by atoms with E-state index in [0.29, 0.717) is 5.13 Å². The molecule has 0 radical (unpaired) electrons. The number of aromatic nitrogens is 2. The standard InChI is InChI=1S/C12H14N4OS/c1-7-3-5-9(6-4-7)8(2)14-10(17)11-15-16-12(13)18-11/h3-6,8H,1-2H3,(H2,13,16)(H,14,17). The molecule has 2 aromatic rings. The smallest absolute Gasteiger partial charge is 0.282 e. The van der Waals surface area contributed by atoms with Crippen LogP contribution in [0.3, 0.4) is 0 Å². The number of hydrogen-bond acceptors (Lipinski definition) is 5. The van der Waals surface area contributed by atoms with E-state index in [2.05, 4.69) is 15.5 Å². The summed E-state index contributed by atoms with van der Waals surface area (Å²) < 4.78 is 0. The van der Waals surface area contributed by atoms with Gasteiger partial charge in [0.15, 0.2) is 0 Å². The Kier molecular flexibility index (Phi) is 3.57. The minimum Gasteiger partial charge on any atom is -0.374 e. The Bertz CT molecular complexity index is 549. The molecule has 94 valence electrons. The number of benzene rings is 1. The molecule has 1 heterocycles. The largest absolute Gasteiger partial charge is 0.374 e. The number of nitrogens with one attached hydrogen (secondary N) is 1. The molecule has 0 aliphatic carbocycles. The molecule has 0 saturated carbocycles. The van der Waals surface area contributed by atoms with Gasteiger partial charge in [-0.15, -0.1) is 10.2 Å². The molecule has 0 spiro atoms. The Morgan fingerprint density at radius 2 is 2.00 bits per heavy atom. The third kappa shape index (κ3) is 2.84. The molecule has 0 fully saturated rings. The van der Waals surface area contributed by atoms with Crippen LogP contribution in [-0.4, -0.2) is 16.1 Å². The SMILES string of the molecule is Cc1ccc(C(C)NC(=O)c2nnc(N)s2)cc1. The summed E-state index contributed by atoms with van der Waals surface area (Å²) in [6, 6.07) is 7.94. The van der Waals surface area contributed by atoms with E-state index >= 15 is 0 Å². The minimum absolute atomic E-state index is 0.0803. The van der Waals surface area contributed by atoms with Gasteiger partial charge in [0.25, 0.3) is 5.91 Å². The zero-order chi connectivity index (χ0) is 13.1. The van der Waals surface area contributed by atoms with Crippen molar-refractivity contribution in [2.24, 2.45) is 0 Å². The van der Waals surface area contributed by atoms with Crippen LogP contribution in [0.25, 0.3) is 0 Å². The fourth-order valence-corrected chi connectivity index (χ4v) is 2.04. The summed E-state index contributed by atoms with van der Waals surface area (Å²) in [7, 11) is 0. The third-order valence-corrected chi connectivity index (χ3v) is 3.31. The first-order valence-electron chi connectivity index (χ1n) is 5.52. The molecule has 1 amide bonds. The molecule has 0 aliphatic rings. The number of hydrogen-bond donors (Lipinski definition) is 2. The van der Waals surface area contributed by atoms with Crippen LogP contribution < -0.4 is 11.1 Å². The van der Waals surface area contributed by atoms with Crippen LogP contribution in [0.15, 0.2) is 24.3 Å². The molecule has 6 heteroatoms. The first-order valence-corrected chi connectivity index (χ1v) is 6.34. The summed E-state index contributed by atoms with van der Waals surface area (Å²) in [6.45, 7) is 3.95. The molecule has 2 rings (SSSR count). The molecule has 18 heavy (non-hydrogen) atoms. The van der Waals surface area contributed by atoms with Gasteiger partial charge >= 0.3 is 0 Å². The second-order valence-electron chi connectivity index (χ2n) is 4.05. The highest BCUT2D eigenvalue weighted by atomic mass is 32.1. The number of amides is 1. The number of carbonyl (C=O) groups is 1. The quantitative estimate of drug-likeness (QED) is 0.885. The van der Waals surface area contributed by atoms with Crippen LogP contribution in [0.4, 0.5) is 5.13 Å². The van der Waals surface area contributed by atoms with Crippen LogP contribution in [0, 0.1) is 6.92 Å². The molecular weight excluding hydrogens is 248 g/mol. The van der Waals surface area contributed by atoms with E-state index < -0.39 is 0 Å². The van der Waals surface area contributed by atoms with Crippen LogP contribution in [-0.2, 0) is 0 Å². The van der Waals surface area contributed by atoms with Gasteiger partial charge in [-0.2, -0.15) is 0 Å². The summed E-state index contributed by atoms with van der Waals surface area (Å²) in [5.74, 6) is -0.253. The lowest BCUT2D eigenvalue weighted by molar-refractivity contribution is 0.0939. The Morgan fingerprint density at radius 3 is 2.56 bits per heavy atom. The average Bonchev–Trinajstić information content (AvgIpc) is 2.76. The Morgan fingerprint density at radius 1 is 1.33 bits per heavy atom. The third-order valence-electron chi connectivity index (χ3n) is 2.56. The van der Waals surface area contributed by atoms with E-state index in [1.54, 1.807) is 0 Å². The van der Waals surface area contributed by atoms with Crippen molar-refractivity contribution in [2.45, 2.75) is 19.9 Å². The van der Waals surface area contributed by atoms with Crippen molar-refractivity contribution in [3.05, 3.63) is 40.4 Å². The van der Waals surface area contributed by atoms with Crippen molar-refractivity contribution in [1.29, 1.82) is 0 Å². The van der Waals surface area contributed by atoms with E-state index in [4.69, 9.17) is 5.73 Å². The predicted molar refractivity (Wildman–Crippen MR) is 71.4 cm³/mol. The molecular formula is C12H14N4OS. The monoisotopic (exact) mass is 262 g/mol. The van der Waals surface area contributed by atoms with Gasteiger partial charge in [0, 0.05) is 0 Å². The van der Waals surface area contributed by atoms with Crippen molar-refractivity contribution in [3.63, 3.8) is 0 Å². The zero-order valence-electron chi connectivity index (χ0n) is 10.2. The summed E-state index contributed by atoms with van der Waals surface area (Å²) in [6.07, 6.45) is 0. The molecule has 0 bridgehead atoms. The van der Waals surface area contributed by atoms with Gasteiger partial charge in [-0.25, -0.2) is 0 Å². The fraction of sp³-hybridized carbons (Fsp3) is 0.250. The summed E-state index contributed by atoms with van der Waals surface area (Å²) in [5, 5.41) is 10.8. The highest BCUT2D eigenvalue weighted by Crippen LogP contribution is 2.16. The molecule has 1 aromatic carbocycles. The molecule has 3 N–H and O–H groups in total. The average molecular weight is 262 g/mol. The molecule has 1 aromatic heterocycles. The first kappa shape index (κ1) is 12.5. The van der Waals surface area contributed by atoms with Crippen molar-refractivity contribution < 1.29 is 4.79 Å². The van der Waals surface area contributed by atoms with Gasteiger partial charge in [-0.1, -0.05) is 41.2 Å². The maximum atomic E-state index is 11.8. The number of anilines is 1. The van der Waals surface area contributed by atoms with Gasteiger partial charge in [0.2, 0.25) is 10.1 Å². The van der Waals surface area contributed by atoms with Crippen LogP contribution in [0.5, 0.6) is 0 Å². The second kappa shape index (κ2) is 5.14. The van der Waals surface area contributed by atoms with Crippen LogP contribution >= 0.6 is 11.3 Å². The maximum Gasteiger partial charge on any atom is 0.282 e. The number of nitrogens with zero attached hydrogens (tertiary/aromatic N) is 2. The van der Waals surface area contributed by atoms with Crippen molar-refractivity contribution in [2.75, 3.05) is 5.73 Å². The van der Waals surface area contributed by atoms with E-state index in [1.165, 1.54) is 5.56 Å². The highest BCUT2D eigenvalue weighted by molar-refractivity contribution is 7.16. The molecule has 5 nitrogen and oxygen atoms in total.